The van der Waals surface area contributed by atoms with Crippen LogP contribution >= 0.6 is 28.6 Å². The summed E-state index contributed by atoms with van der Waals surface area (Å²) in [5.74, 6) is 1.37. The van der Waals surface area contributed by atoms with Gasteiger partial charge in [0, 0.05) is 4.90 Å². The van der Waals surface area contributed by atoms with Gasteiger partial charge in [-0.3, -0.25) is 0 Å². The Morgan fingerprint density at radius 1 is 1.25 bits per heavy atom. The largest absolute Gasteiger partial charge is 0.493 e. The van der Waals surface area contributed by atoms with E-state index in [4.69, 9.17) is 9.47 Å². The van der Waals surface area contributed by atoms with Gasteiger partial charge in [-0.15, -0.1) is 12.6 Å². The zero-order valence-electron chi connectivity index (χ0n) is 6.80. The summed E-state index contributed by atoms with van der Waals surface area (Å²) in [5.41, 5.74) is 0. The third kappa shape index (κ3) is 1.69. The molecule has 0 radical (unpaired) electrons. The van der Waals surface area contributed by atoms with E-state index in [1.54, 1.807) is 14.2 Å². The van der Waals surface area contributed by atoms with Gasteiger partial charge in [0.25, 0.3) is 0 Å². The van der Waals surface area contributed by atoms with E-state index in [0.29, 0.717) is 11.5 Å². The number of benzene rings is 1. The summed E-state index contributed by atoms with van der Waals surface area (Å²) >= 11 is 7.58. The fraction of sp³-hybridized carbons (Fsp3) is 0.250. The summed E-state index contributed by atoms with van der Waals surface area (Å²) in [4.78, 5) is 0.827. The standard InChI is InChI=1S/C8H9BrO2S/c1-10-5-3-4-6(12)7(9)8(5)11-2/h3-4,12H,1-2H3. The van der Waals surface area contributed by atoms with Crippen LogP contribution in [-0.4, -0.2) is 14.2 Å². The predicted molar refractivity (Wildman–Crippen MR) is 54.5 cm³/mol. The third-order valence-electron chi connectivity index (χ3n) is 1.46. The number of hydrogen-bond acceptors (Lipinski definition) is 3. The highest BCUT2D eigenvalue weighted by molar-refractivity contribution is 9.10. The molecule has 4 heteroatoms. The van der Waals surface area contributed by atoms with Crippen molar-refractivity contribution < 1.29 is 9.47 Å². The van der Waals surface area contributed by atoms with E-state index in [2.05, 4.69) is 28.6 Å². The number of hydrogen-bond donors (Lipinski definition) is 1. The molecule has 0 aromatic heterocycles. The van der Waals surface area contributed by atoms with E-state index in [9.17, 15) is 0 Å². The molecular formula is C8H9BrO2S. The summed E-state index contributed by atoms with van der Waals surface area (Å²) in [6.45, 7) is 0. The highest BCUT2D eigenvalue weighted by Crippen LogP contribution is 2.38. The number of methoxy groups -OCH3 is 2. The van der Waals surface area contributed by atoms with Crippen LogP contribution in [0.15, 0.2) is 21.5 Å². The van der Waals surface area contributed by atoms with Crippen LogP contribution in [0.5, 0.6) is 11.5 Å². The second kappa shape index (κ2) is 4.05. The minimum Gasteiger partial charge on any atom is -0.493 e. The van der Waals surface area contributed by atoms with Crippen molar-refractivity contribution in [3.05, 3.63) is 16.6 Å². The molecule has 0 fully saturated rings. The molecule has 1 aromatic rings. The number of ether oxygens (including phenoxy) is 2. The Morgan fingerprint density at radius 2 is 1.92 bits per heavy atom. The molecule has 12 heavy (non-hydrogen) atoms. The van der Waals surface area contributed by atoms with Crippen molar-refractivity contribution >= 4 is 28.6 Å². The lowest BCUT2D eigenvalue weighted by atomic mass is 10.3. The molecule has 0 bridgehead atoms. The maximum atomic E-state index is 5.13. The average molecular weight is 249 g/mol. The molecule has 0 amide bonds. The summed E-state index contributed by atoms with van der Waals surface area (Å²) < 4.78 is 11.0. The van der Waals surface area contributed by atoms with Crippen LogP contribution in [0.1, 0.15) is 0 Å². The first-order valence-corrected chi connectivity index (χ1v) is 4.54. The highest BCUT2D eigenvalue weighted by Gasteiger charge is 2.09. The summed E-state index contributed by atoms with van der Waals surface area (Å²) in [5, 5.41) is 0. The van der Waals surface area contributed by atoms with Gasteiger partial charge in [-0.05, 0) is 28.1 Å². The zero-order valence-corrected chi connectivity index (χ0v) is 9.28. The summed E-state index contributed by atoms with van der Waals surface area (Å²) in [7, 11) is 3.19. The van der Waals surface area contributed by atoms with Crippen molar-refractivity contribution in [2.45, 2.75) is 4.90 Å². The normalized spacial score (nSPS) is 9.67. The molecule has 0 aliphatic heterocycles. The fourth-order valence-corrected chi connectivity index (χ4v) is 1.54. The first kappa shape index (κ1) is 9.74. The number of halogens is 1. The Kier molecular flexibility index (Phi) is 3.29. The van der Waals surface area contributed by atoms with E-state index in [1.165, 1.54) is 0 Å². The lowest BCUT2D eigenvalue weighted by Gasteiger charge is -2.09. The first-order chi connectivity index (χ1) is 5.70. The first-order valence-electron chi connectivity index (χ1n) is 3.30. The van der Waals surface area contributed by atoms with Crippen molar-refractivity contribution in [2.75, 3.05) is 14.2 Å². The summed E-state index contributed by atoms with van der Waals surface area (Å²) in [6, 6.07) is 3.65. The molecule has 0 aliphatic carbocycles. The third-order valence-corrected chi connectivity index (χ3v) is 2.93. The minimum absolute atomic E-state index is 0.671. The van der Waals surface area contributed by atoms with Gasteiger partial charge in [0.05, 0.1) is 18.7 Å². The van der Waals surface area contributed by atoms with Gasteiger partial charge in [0.15, 0.2) is 11.5 Å². The molecule has 0 saturated heterocycles. The van der Waals surface area contributed by atoms with Crippen LogP contribution in [-0.2, 0) is 0 Å². The quantitative estimate of drug-likeness (QED) is 0.812. The van der Waals surface area contributed by atoms with Crippen LogP contribution in [0.4, 0.5) is 0 Å². The lowest BCUT2D eigenvalue weighted by molar-refractivity contribution is 0.352. The second-order valence-electron chi connectivity index (χ2n) is 2.13. The Balaban J connectivity index is 3.25. The topological polar surface area (TPSA) is 18.5 Å². The molecule has 0 spiro atoms. The molecule has 0 N–H and O–H groups in total. The summed E-state index contributed by atoms with van der Waals surface area (Å²) in [6.07, 6.45) is 0. The predicted octanol–water partition coefficient (Wildman–Crippen LogP) is 2.76. The second-order valence-corrected chi connectivity index (χ2v) is 3.41. The van der Waals surface area contributed by atoms with Gasteiger partial charge in [0.2, 0.25) is 0 Å². The van der Waals surface area contributed by atoms with Gasteiger partial charge >= 0.3 is 0 Å². The zero-order chi connectivity index (χ0) is 9.14. The highest BCUT2D eigenvalue weighted by atomic mass is 79.9. The molecule has 0 saturated carbocycles. The van der Waals surface area contributed by atoms with Crippen LogP contribution in [0.25, 0.3) is 0 Å². The molecule has 1 aromatic carbocycles. The van der Waals surface area contributed by atoms with Crippen molar-refractivity contribution in [2.24, 2.45) is 0 Å². The van der Waals surface area contributed by atoms with Crippen molar-refractivity contribution in [3.63, 3.8) is 0 Å². The van der Waals surface area contributed by atoms with E-state index in [-0.39, 0.29) is 0 Å². The molecule has 0 unspecified atom stereocenters. The van der Waals surface area contributed by atoms with Gasteiger partial charge in [-0.2, -0.15) is 0 Å². The molecule has 0 aliphatic rings. The average Bonchev–Trinajstić information content (AvgIpc) is 2.09. The molecule has 66 valence electrons. The molecule has 1 rings (SSSR count). The Labute approximate surface area is 85.4 Å². The van der Waals surface area contributed by atoms with Crippen molar-refractivity contribution in [3.8, 4) is 11.5 Å². The van der Waals surface area contributed by atoms with E-state index in [0.717, 1.165) is 9.37 Å². The van der Waals surface area contributed by atoms with Crippen molar-refractivity contribution in [1.82, 2.24) is 0 Å². The van der Waals surface area contributed by atoms with E-state index < -0.39 is 0 Å². The van der Waals surface area contributed by atoms with Gasteiger partial charge in [0.1, 0.15) is 0 Å². The SMILES string of the molecule is COc1ccc(S)c(Br)c1OC. The number of rotatable bonds is 2. The Bertz CT molecular complexity index is 289. The molecule has 0 heterocycles. The molecule has 2 nitrogen and oxygen atoms in total. The monoisotopic (exact) mass is 248 g/mol. The van der Waals surface area contributed by atoms with E-state index in [1.807, 2.05) is 12.1 Å². The van der Waals surface area contributed by atoms with Crippen LogP contribution in [0.2, 0.25) is 0 Å². The lowest BCUT2D eigenvalue weighted by Crippen LogP contribution is -1.91. The van der Waals surface area contributed by atoms with E-state index >= 15 is 0 Å². The van der Waals surface area contributed by atoms with Gasteiger partial charge in [-0.1, -0.05) is 0 Å². The molecule has 0 atom stereocenters. The Hall–Kier alpha value is -0.350. The van der Waals surface area contributed by atoms with Crippen LogP contribution in [0.3, 0.4) is 0 Å². The van der Waals surface area contributed by atoms with Crippen molar-refractivity contribution in [1.29, 1.82) is 0 Å². The Morgan fingerprint density at radius 3 is 2.42 bits per heavy atom. The van der Waals surface area contributed by atoms with Crippen LogP contribution < -0.4 is 9.47 Å². The molecular weight excluding hydrogens is 240 g/mol. The van der Waals surface area contributed by atoms with Gasteiger partial charge in [-0.25, -0.2) is 0 Å². The number of thiol groups is 1. The maximum Gasteiger partial charge on any atom is 0.176 e. The fourth-order valence-electron chi connectivity index (χ4n) is 0.879. The smallest absolute Gasteiger partial charge is 0.176 e. The maximum absolute atomic E-state index is 5.13. The van der Waals surface area contributed by atoms with Gasteiger partial charge < -0.3 is 9.47 Å². The minimum atomic E-state index is 0.671. The van der Waals surface area contributed by atoms with Crippen LogP contribution in [0, 0.1) is 0 Å².